The molecule has 1 atom stereocenters. The number of carbonyl (C=O) groups is 2. The summed E-state index contributed by atoms with van der Waals surface area (Å²) >= 11 is 0. The zero-order valence-corrected chi connectivity index (χ0v) is 22.5. The van der Waals surface area contributed by atoms with Gasteiger partial charge in [0.1, 0.15) is 5.75 Å². The number of allylic oxidation sites excluding steroid dienone is 2. The maximum atomic E-state index is 13.0. The highest BCUT2D eigenvalue weighted by Gasteiger charge is 2.39. The zero-order chi connectivity index (χ0) is 28.3. The molecule has 0 N–H and O–H groups in total. The van der Waals surface area contributed by atoms with Gasteiger partial charge in [-0.05, 0) is 72.4 Å². The predicted molar refractivity (Wildman–Crippen MR) is 143 cm³/mol. The van der Waals surface area contributed by atoms with Crippen molar-refractivity contribution in [2.24, 2.45) is 0 Å². The molecule has 5 nitrogen and oxygen atoms in total. The van der Waals surface area contributed by atoms with Crippen molar-refractivity contribution in [3.63, 3.8) is 0 Å². The van der Waals surface area contributed by atoms with E-state index < -0.39 is 23.8 Å². The molecule has 2 aliphatic carbocycles. The number of amides is 1. The standard InChI is InChI=1S/C31H34F3NO4/c1-4-16-30(17-5-18-30)25-10-8-23(9-11-25)24-14-19-29(2,20-15-24)35(27(36)28(37)38-3)21-22-6-12-26(13-7-22)39-31(32,33)34/h6-15,19H,4-5,16-18,20-21H2,1-3H3. The molecular formula is C31H34F3NO4. The minimum Gasteiger partial charge on any atom is -0.462 e. The van der Waals surface area contributed by atoms with Gasteiger partial charge in [-0.1, -0.05) is 74.4 Å². The Balaban J connectivity index is 1.52. The van der Waals surface area contributed by atoms with E-state index in [4.69, 9.17) is 0 Å². The summed E-state index contributed by atoms with van der Waals surface area (Å²) in [5, 5.41) is 0. The van der Waals surface area contributed by atoms with Crippen molar-refractivity contribution >= 4 is 17.4 Å². The first kappa shape index (κ1) is 28.5. The number of benzene rings is 2. The van der Waals surface area contributed by atoms with Crippen LogP contribution in [0.25, 0.3) is 5.57 Å². The molecule has 2 aromatic rings. The lowest BCUT2D eigenvalue weighted by atomic mass is 9.62. The zero-order valence-electron chi connectivity index (χ0n) is 22.5. The molecule has 208 valence electrons. The first-order chi connectivity index (χ1) is 18.5. The van der Waals surface area contributed by atoms with E-state index in [1.54, 1.807) is 0 Å². The van der Waals surface area contributed by atoms with Crippen molar-refractivity contribution in [3.05, 3.63) is 83.4 Å². The molecule has 0 aliphatic heterocycles. The molecule has 39 heavy (non-hydrogen) atoms. The number of methoxy groups -OCH3 is 1. The number of hydrogen-bond donors (Lipinski definition) is 0. The molecule has 2 aliphatic rings. The van der Waals surface area contributed by atoms with Crippen molar-refractivity contribution in [2.75, 3.05) is 7.11 Å². The lowest BCUT2D eigenvalue weighted by molar-refractivity contribution is -0.274. The van der Waals surface area contributed by atoms with Crippen LogP contribution in [0.1, 0.15) is 69.1 Å². The van der Waals surface area contributed by atoms with Crippen molar-refractivity contribution in [1.29, 1.82) is 0 Å². The highest BCUT2D eigenvalue weighted by molar-refractivity contribution is 6.32. The van der Waals surface area contributed by atoms with Crippen LogP contribution in [-0.4, -0.2) is 35.8 Å². The molecule has 2 aromatic carbocycles. The number of nitrogens with zero attached hydrogens (tertiary/aromatic N) is 1. The first-order valence-electron chi connectivity index (χ1n) is 13.2. The summed E-state index contributed by atoms with van der Waals surface area (Å²) in [5.74, 6) is -2.20. The fourth-order valence-corrected chi connectivity index (χ4v) is 5.58. The maximum Gasteiger partial charge on any atom is 0.573 e. The molecule has 0 bridgehead atoms. The van der Waals surface area contributed by atoms with E-state index >= 15 is 0 Å². The number of ether oxygens (including phenoxy) is 2. The predicted octanol–water partition coefficient (Wildman–Crippen LogP) is 7.11. The Morgan fingerprint density at radius 3 is 2.18 bits per heavy atom. The van der Waals surface area contributed by atoms with Gasteiger partial charge in [0.2, 0.25) is 0 Å². The number of esters is 1. The van der Waals surface area contributed by atoms with E-state index in [1.807, 2.05) is 25.2 Å². The van der Waals surface area contributed by atoms with Gasteiger partial charge in [-0.15, -0.1) is 13.2 Å². The third-order valence-corrected chi connectivity index (χ3v) is 7.95. The molecule has 0 radical (unpaired) electrons. The van der Waals surface area contributed by atoms with Gasteiger partial charge in [0.05, 0.1) is 12.6 Å². The first-order valence-corrected chi connectivity index (χ1v) is 13.2. The average molecular weight is 542 g/mol. The lowest BCUT2D eigenvalue weighted by Crippen LogP contribution is -2.51. The second-order valence-corrected chi connectivity index (χ2v) is 10.6. The summed E-state index contributed by atoms with van der Waals surface area (Å²) < 4.78 is 46.2. The molecule has 0 saturated heterocycles. The molecule has 4 rings (SSSR count). The van der Waals surface area contributed by atoms with Gasteiger partial charge in [0.15, 0.2) is 0 Å². The van der Waals surface area contributed by atoms with Gasteiger partial charge < -0.3 is 14.4 Å². The van der Waals surface area contributed by atoms with Crippen molar-refractivity contribution in [1.82, 2.24) is 4.90 Å². The van der Waals surface area contributed by atoms with Crippen LogP contribution >= 0.6 is 0 Å². The topological polar surface area (TPSA) is 55.8 Å². The molecule has 1 fully saturated rings. The van der Waals surface area contributed by atoms with E-state index in [1.165, 1.54) is 66.8 Å². The number of carbonyl (C=O) groups excluding carboxylic acids is 2. The van der Waals surface area contributed by atoms with Crippen LogP contribution in [0.4, 0.5) is 13.2 Å². The number of alkyl halides is 3. The van der Waals surface area contributed by atoms with Crippen LogP contribution in [0, 0.1) is 0 Å². The fourth-order valence-electron chi connectivity index (χ4n) is 5.58. The number of halogens is 3. The summed E-state index contributed by atoms with van der Waals surface area (Å²) in [6, 6.07) is 14.0. The summed E-state index contributed by atoms with van der Waals surface area (Å²) in [4.78, 5) is 26.6. The Bertz CT molecular complexity index is 1240. The second kappa shape index (κ2) is 11.3. The van der Waals surface area contributed by atoms with E-state index in [0.29, 0.717) is 17.4 Å². The van der Waals surface area contributed by atoms with Crippen molar-refractivity contribution in [3.8, 4) is 5.75 Å². The van der Waals surface area contributed by atoms with E-state index in [0.717, 1.165) is 18.2 Å². The van der Waals surface area contributed by atoms with Crippen molar-refractivity contribution < 1.29 is 32.2 Å². The monoisotopic (exact) mass is 541 g/mol. The van der Waals surface area contributed by atoms with Crippen molar-refractivity contribution in [2.45, 2.75) is 76.2 Å². The third-order valence-electron chi connectivity index (χ3n) is 7.95. The Morgan fingerprint density at radius 1 is 1.03 bits per heavy atom. The van der Waals surface area contributed by atoms with Gasteiger partial charge >= 0.3 is 18.2 Å². The fraction of sp³-hybridized carbons (Fsp3) is 0.419. The lowest BCUT2D eigenvalue weighted by Gasteiger charge is -2.43. The minimum absolute atomic E-state index is 0.00153. The second-order valence-electron chi connectivity index (χ2n) is 10.6. The quantitative estimate of drug-likeness (QED) is 0.264. The summed E-state index contributed by atoms with van der Waals surface area (Å²) in [6.07, 6.45) is 7.65. The van der Waals surface area contributed by atoms with Crippen LogP contribution in [0.5, 0.6) is 5.75 Å². The largest absolute Gasteiger partial charge is 0.573 e. The van der Waals surface area contributed by atoms with Gasteiger partial charge in [-0.2, -0.15) is 0 Å². The van der Waals surface area contributed by atoms with Crippen LogP contribution in [0.3, 0.4) is 0 Å². The minimum atomic E-state index is -4.80. The maximum absolute atomic E-state index is 13.0. The molecule has 1 amide bonds. The highest BCUT2D eigenvalue weighted by Crippen LogP contribution is 2.47. The third kappa shape index (κ3) is 6.37. The molecule has 0 spiro atoms. The molecule has 0 aromatic heterocycles. The Kier molecular flexibility index (Phi) is 8.23. The molecule has 8 heteroatoms. The highest BCUT2D eigenvalue weighted by atomic mass is 19.4. The van der Waals surface area contributed by atoms with Crippen LogP contribution in [-0.2, 0) is 26.3 Å². The van der Waals surface area contributed by atoms with Gasteiger partial charge in [0.25, 0.3) is 0 Å². The number of rotatable bonds is 8. The van der Waals surface area contributed by atoms with Crippen LogP contribution in [0.15, 0.2) is 66.8 Å². The summed E-state index contributed by atoms with van der Waals surface area (Å²) in [6.45, 7) is 4.07. The SMILES string of the molecule is CCCC1(c2ccc(C3=CCC(C)(N(Cc4ccc(OC(F)(F)F)cc4)C(=O)C(=O)OC)C=C3)cc2)CCC1. The summed E-state index contributed by atoms with van der Waals surface area (Å²) in [5.41, 5.74) is 3.50. The van der Waals surface area contributed by atoms with Gasteiger partial charge in [-0.25, -0.2) is 4.79 Å². The molecule has 1 unspecified atom stereocenters. The molecular weight excluding hydrogens is 507 g/mol. The van der Waals surface area contributed by atoms with E-state index in [-0.39, 0.29) is 12.3 Å². The molecule has 0 heterocycles. The summed E-state index contributed by atoms with van der Waals surface area (Å²) in [7, 11) is 1.14. The van der Waals surface area contributed by atoms with Gasteiger partial charge in [0, 0.05) is 6.54 Å². The van der Waals surface area contributed by atoms with E-state index in [2.05, 4.69) is 40.7 Å². The normalized spacial score (nSPS) is 20.0. The Labute approximate surface area is 227 Å². The molecule has 1 saturated carbocycles. The smallest absolute Gasteiger partial charge is 0.462 e. The Morgan fingerprint density at radius 2 is 1.69 bits per heavy atom. The van der Waals surface area contributed by atoms with Crippen LogP contribution in [0.2, 0.25) is 0 Å². The number of hydrogen-bond acceptors (Lipinski definition) is 4. The van der Waals surface area contributed by atoms with Crippen LogP contribution < -0.4 is 4.74 Å². The Hall–Kier alpha value is -3.55. The average Bonchev–Trinajstić information content (AvgIpc) is 2.89. The van der Waals surface area contributed by atoms with E-state index in [9.17, 15) is 22.8 Å². The van der Waals surface area contributed by atoms with Gasteiger partial charge in [-0.3, -0.25) is 4.79 Å².